The zero-order valence-corrected chi connectivity index (χ0v) is 18.9. The Hall–Kier alpha value is -1.82. The standard InChI is InChI=1S/C29H40/c1-4-5-6-7-8-9-24-10-14-26(15-11-24)28-18-20-29(21-19-28)27-16-12-25(13-17-27)22-23(2)3/h12-13,16-22,24,26H,4-11,14-15H2,1-3H3. The lowest BCUT2D eigenvalue weighted by Gasteiger charge is -2.29. The van der Waals surface area contributed by atoms with Crippen molar-refractivity contribution in [3.05, 3.63) is 65.2 Å². The predicted octanol–water partition coefficient (Wildman–Crippen LogP) is 9.41. The quantitative estimate of drug-likeness (QED) is 0.375. The van der Waals surface area contributed by atoms with E-state index in [1.165, 1.54) is 86.5 Å². The third-order valence-electron chi connectivity index (χ3n) is 6.64. The molecule has 1 aliphatic rings. The van der Waals surface area contributed by atoms with Crippen LogP contribution in [0.15, 0.2) is 54.1 Å². The van der Waals surface area contributed by atoms with Crippen molar-refractivity contribution in [2.45, 2.75) is 90.9 Å². The summed E-state index contributed by atoms with van der Waals surface area (Å²) in [6, 6.07) is 18.4. The monoisotopic (exact) mass is 388 g/mol. The van der Waals surface area contributed by atoms with Crippen LogP contribution in [0.5, 0.6) is 0 Å². The van der Waals surface area contributed by atoms with E-state index in [2.05, 4.69) is 75.4 Å². The first-order valence-electron chi connectivity index (χ1n) is 12.0. The molecule has 0 aromatic heterocycles. The third-order valence-corrected chi connectivity index (χ3v) is 6.64. The van der Waals surface area contributed by atoms with E-state index in [9.17, 15) is 0 Å². The van der Waals surface area contributed by atoms with Gasteiger partial charge in [-0.2, -0.15) is 0 Å². The van der Waals surface area contributed by atoms with Crippen LogP contribution >= 0.6 is 0 Å². The van der Waals surface area contributed by atoms with Gasteiger partial charge in [0.25, 0.3) is 0 Å². The molecule has 0 radical (unpaired) electrons. The molecule has 0 nitrogen and oxygen atoms in total. The van der Waals surface area contributed by atoms with Crippen LogP contribution in [0.3, 0.4) is 0 Å². The maximum absolute atomic E-state index is 2.38. The molecule has 0 spiro atoms. The van der Waals surface area contributed by atoms with E-state index >= 15 is 0 Å². The summed E-state index contributed by atoms with van der Waals surface area (Å²) in [7, 11) is 0. The second-order valence-corrected chi connectivity index (χ2v) is 9.39. The Morgan fingerprint density at radius 2 is 1.34 bits per heavy atom. The van der Waals surface area contributed by atoms with E-state index in [1.807, 2.05) is 0 Å². The van der Waals surface area contributed by atoms with E-state index in [1.54, 1.807) is 5.56 Å². The van der Waals surface area contributed by atoms with Gasteiger partial charge in [-0.1, -0.05) is 106 Å². The van der Waals surface area contributed by atoms with Crippen LogP contribution in [0.25, 0.3) is 17.2 Å². The van der Waals surface area contributed by atoms with Crippen molar-refractivity contribution >= 4 is 6.08 Å². The number of allylic oxidation sites excluding steroid dienone is 1. The van der Waals surface area contributed by atoms with Crippen molar-refractivity contribution in [3.8, 4) is 11.1 Å². The van der Waals surface area contributed by atoms with Gasteiger partial charge in [0.15, 0.2) is 0 Å². The Balaban J connectivity index is 1.49. The largest absolute Gasteiger partial charge is 0.0758 e. The Labute approximate surface area is 179 Å². The molecule has 0 aliphatic heterocycles. The van der Waals surface area contributed by atoms with Crippen molar-refractivity contribution in [3.63, 3.8) is 0 Å². The topological polar surface area (TPSA) is 0 Å². The normalized spacial score (nSPS) is 19.1. The molecule has 2 aromatic rings. The highest BCUT2D eigenvalue weighted by atomic mass is 14.3. The molecular weight excluding hydrogens is 348 g/mol. The van der Waals surface area contributed by atoms with E-state index in [0.29, 0.717) is 0 Å². The summed E-state index contributed by atoms with van der Waals surface area (Å²) in [4.78, 5) is 0. The molecule has 2 aromatic carbocycles. The fraction of sp³-hybridized carbons (Fsp3) is 0.517. The number of unbranched alkanes of at least 4 members (excludes halogenated alkanes) is 4. The van der Waals surface area contributed by atoms with Gasteiger partial charge in [-0.3, -0.25) is 0 Å². The minimum Gasteiger partial charge on any atom is -0.0758 e. The number of hydrogen-bond acceptors (Lipinski definition) is 0. The number of hydrogen-bond donors (Lipinski definition) is 0. The van der Waals surface area contributed by atoms with Gasteiger partial charge in [0.05, 0.1) is 0 Å². The summed E-state index contributed by atoms with van der Waals surface area (Å²) in [6.45, 7) is 6.59. The van der Waals surface area contributed by atoms with Gasteiger partial charge in [0.1, 0.15) is 0 Å². The van der Waals surface area contributed by atoms with E-state index in [0.717, 1.165) is 11.8 Å². The third kappa shape index (κ3) is 6.88. The van der Waals surface area contributed by atoms with Crippen LogP contribution < -0.4 is 0 Å². The van der Waals surface area contributed by atoms with E-state index < -0.39 is 0 Å². The molecule has 0 amide bonds. The van der Waals surface area contributed by atoms with Crippen molar-refractivity contribution < 1.29 is 0 Å². The summed E-state index contributed by atoms with van der Waals surface area (Å²) in [6.07, 6.45) is 16.5. The highest BCUT2D eigenvalue weighted by Gasteiger charge is 2.22. The van der Waals surface area contributed by atoms with Gasteiger partial charge in [-0.05, 0) is 73.6 Å². The van der Waals surface area contributed by atoms with Gasteiger partial charge in [-0.15, -0.1) is 0 Å². The highest BCUT2D eigenvalue weighted by molar-refractivity contribution is 5.66. The molecule has 1 aliphatic carbocycles. The molecule has 0 unspecified atom stereocenters. The van der Waals surface area contributed by atoms with E-state index in [-0.39, 0.29) is 0 Å². The van der Waals surface area contributed by atoms with Crippen molar-refractivity contribution in [2.24, 2.45) is 5.92 Å². The zero-order valence-electron chi connectivity index (χ0n) is 18.9. The minimum atomic E-state index is 0.778. The van der Waals surface area contributed by atoms with Gasteiger partial charge < -0.3 is 0 Å². The first-order valence-corrected chi connectivity index (χ1v) is 12.0. The van der Waals surface area contributed by atoms with Crippen molar-refractivity contribution in [1.29, 1.82) is 0 Å². The fourth-order valence-corrected chi connectivity index (χ4v) is 4.87. The van der Waals surface area contributed by atoms with Crippen LogP contribution in [0.1, 0.15) is 102 Å². The van der Waals surface area contributed by atoms with Crippen molar-refractivity contribution in [1.82, 2.24) is 0 Å². The maximum Gasteiger partial charge on any atom is -0.0162 e. The molecule has 0 saturated heterocycles. The van der Waals surface area contributed by atoms with E-state index in [4.69, 9.17) is 0 Å². The smallest absolute Gasteiger partial charge is 0.0162 e. The summed E-state index contributed by atoms with van der Waals surface area (Å²) < 4.78 is 0. The number of benzene rings is 2. The maximum atomic E-state index is 2.38. The Morgan fingerprint density at radius 3 is 1.93 bits per heavy atom. The van der Waals surface area contributed by atoms with Gasteiger partial charge in [0.2, 0.25) is 0 Å². The molecule has 0 heterocycles. The zero-order chi connectivity index (χ0) is 20.5. The average molecular weight is 389 g/mol. The van der Waals surface area contributed by atoms with Crippen LogP contribution in [0.4, 0.5) is 0 Å². The molecular formula is C29H40. The number of rotatable bonds is 9. The first kappa shape index (κ1) is 21.9. The average Bonchev–Trinajstić information content (AvgIpc) is 2.74. The van der Waals surface area contributed by atoms with Gasteiger partial charge >= 0.3 is 0 Å². The Kier molecular flexibility index (Phi) is 8.59. The lowest BCUT2D eigenvalue weighted by atomic mass is 9.77. The molecule has 0 heteroatoms. The first-order chi connectivity index (χ1) is 14.2. The summed E-state index contributed by atoms with van der Waals surface area (Å²) in [5, 5.41) is 0. The van der Waals surface area contributed by atoms with Gasteiger partial charge in [0, 0.05) is 0 Å². The van der Waals surface area contributed by atoms with Crippen molar-refractivity contribution in [2.75, 3.05) is 0 Å². The molecule has 1 fully saturated rings. The lowest BCUT2D eigenvalue weighted by molar-refractivity contribution is 0.302. The predicted molar refractivity (Wildman–Crippen MR) is 129 cm³/mol. The van der Waals surface area contributed by atoms with Gasteiger partial charge in [-0.25, -0.2) is 0 Å². The SMILES string of the molecule is CCCCCCCC1CCC(c2ccc(-c3ccc(C=C(C)C)cc3)cc2)CC1. The summed E-state index contributed by atoms with van der Waals surface area (Å²) in [5.41, 5.74) is 6.82. The summed E-state index contributed by atoms with van der Waals surface area (Å²) >= 11 is 0. The fourth-order valence-electron chi connectivity index (χ4n) is 4.87. The van der Waals surface area contributed by atoms with Crippen LogP contribution in [0.2, 0.25) is 0 Å². The molecule has 1 saturated carbocycles. The second-order valence-electron chi connectivity index (χ2n) is 9.39. The summed E-state index contributed by atoms with van der Waals surface area (Å²) in [5.74, 6) is 1.77. The second kappa shape index (κ2) is 11.4. The molecule has 29 heavy (non-hydrogen) atoms. The van der Waals surface area contributed by atoms with Crippen LogP contribution in [-0.2, 0) is 0 Å². The molecule has 3 rings (SSSR count). The molecule has 0 N–H and O–H groups in total. The minimum absolute atomic E-state index is 0.778. The molecule has 0 bridgehead atoms. The Bertz CT molecular complexity index is 736. The van der Waals surface area contributed by atoms with Crippen LogP contribution in [0, 0.1) is 5.92 Å². The highest BCUT2D eigenvalue weighted by Crippen LogP contribution is 2.38. The molecule has 0 atom stereocenters. The van der Waals surface area contributed by atoms with Crippen LogP contribution in [-0.4, -0.2) is 0 Å². The lowest BCUT2D eigenvalue weighted by Crippen LogP contribution is -2.13. The Morgan fingerprint density at radius 1 is 0.759 bits per heavy atom. The molecule has 156 valence electrons.